The minimum absolute atomic E-state index is 0.162. The molecule has 4 rings (SSSR count). The molecule has 2 heterocycles. The van der Waals surface area contributed by atoms with Crippen molar-refractivity contribution in [2.24, 2.45) is 5.92 Å². The number of hydrogen-bond acceptors (Lipinski definition) is 4. The van der Waals surface area contributed by atoms with Crippen LogP contribution in [0.5, 0.6) is 0 Å². The Morgan fingerprint density at radius 3 is 2.73 bits per heavy atom. The number of anilines is 1. The summed E-state index contributed by atoms with van der Waals surface area (Å²) < 4.78 is 2.06. The fourth-order valence-electron chi connectivity index (χ4n) is 4.60. The van der Waals surface area contributed by atoms with Crippen molar-refractivity contribution in [3.8, 4) is 0 Å². The highest BCUT2D eigenvalue weighted by molar-refractivity contribution is 6.03. The number of carbonyl (C=O) groups is 2. The highest BCUT2D eigenvalue weighted by Gasteiger charge is 2.24. The molecular formula is C26H33N5O2. The third-order valence-corrected chi connectivity index (χ3v) is 6.45. The van der Waals surface area contributed by atoms with Crippen molar-refractivity contribution < 1.29 is 9.59 Å². The second kappa shape index (κ2) is 10.6. The first-order valence-corrected chi connectivity index (χ1v) is 12.0. The average molecular weight is 448 g/mol. The van der Waals surface area contributed by atoms with Crippen LogP contribution in [0.2, 0.25) is 0 Å². The van der Waals surface area contributed by atoms with Gasteiger partial charge in [-0.3, -0.25) is 19.9 Å². The number of aryl methyl sites for hydroxylation is 1. The van der Waals surface area contributed by atoms with E-state index in [0.717, 1.165) is 61.7 Å². The van der Waals surface area contributed by atoms with Crippen LogP contribution >= 0.6 is 0 Å². The van der Waals surface area contributed by atoms with Crippen molar-refractivity contribution in [2.45, 2.75) is 65.0 Å². The van der Waals surface area contributed by atoms with Gasteiger partial charge in [0.2, 0.25) is 11.9 Å². The number of aromatic nitrogens is 3. The molecule has 0 aliphatic heterocycles. The third-order valence-electron chi connectivity index (χ3n) is 6.45. The van der Waals surface area contributed by atoms with Crippen molar-refractivity contribution in [2.75, 3.05) is 12.4 Å². The molecule has 1 fully saturated rings. The topological polar surface area (TPSA) is 80.1 Å². The summed E-state index contributed by atoms with van der Waals surface area (Å²) >= 11 is 0. The van der Waals surface area contributed by atoms with Gasteiger partial charge in [-0.05, 0) is 49.1 Å². The molecule has 1 aliphatic carbocycles. The number of amides is 2. The number of pyridine rings is 1. The van der Waals surface area contributed by atoms with Gasteiger partial charge in [0.05, 0.1) is 16.6 Å². The minimum atomic E-state index is -0.228. The van der Waals surface area contributed by atoms with Crippen LogP contribution in [0.3, 0.4) is 0 Å². The van der Waals surface area contributed by atoms with Gasteiger partial charge in [0.25, 0.3) is 5.91 Å². The Morgan fingerprint density at radius 1 is 1.18 bits per heavy atom. The van der Waals surface area contributed by atoms with Gasteiger partial charge in [-0.1, -0.05) is 38.7 Å². The van der Waals surface area contributed by atoms with Gasteiger partial charge < -0.3 is 9.47 Å². The zero-order valence-electron chi connectivity index (χ0n) is 19.6. The van der Waals surface area contributed by atoms with Gasteiger partial charge in [0, 0.05) is 38.4 Å². The molecule has 1 saturated carbocycles. The average Bonchev–Trinajstić information content (AvgIpc) is 3.19. The zero-order valence-corrected chi connectivity index (χ0v) is 19.6. The van der Waals surface area contributed by atoms with E-state index in [-0.39, 0.29) is 17.7 Å². The van der Waals surface area contributed by atoms with E-state index in [2.05, 4.69) is 27.9 Å². The van der Waals surface area contributed by atoms with Crippen molar-refractivity contribution in [1.82, 2.24) is 19.4 Å². The Labute approximate surface area is 195 Å². The Hall–Kier alpha value is -3.22. The maximum absolute atomic E-state index is 12.9. The van der Waals surface area contributed by atoms with E-state index < -0.39 is 0 Å². The molecule has 0 atom stereocenters. The van der Waals surface area contributed by atoms with Crippen molar-refractivity contribution in [3.63, 3.8) is 0 Å². The summed E-state index contributed by atoms with van der Waals surface area (Å²) in [6.45, 7) is 3.48. The van der Waals surface area contributed by atoms with E-state index in [4.69, 9.17) is 4.98 Å². The van der Waals surface area contributed by atoms with E-state index in [1.165, 1.54) is 6.42 Å². The molecule has 0 unspecified atom stereocenters. The standard InChI is InChI=1S/C26H33N5O2/c1-3-4-15-31-23-13-12-19(18-30(2)25(33)20-9-6-5-7-10-20)16-22(23)28-26(31)29-24(32)21-11-8-14-27-17-21/h8,11-14,16-17,20H,3-7,9-10,15,18H2,1-2H3,(H,28,29,32). The van der Waals surface area contributed by atoms with Gasteiger partial charge in [-0.2, -0.15) is 0 Å². The molecule has 0 radical (unpaired) electrons. The molecule has 33 heavy (non-hydrogen) atoms. The molecule has 2 aromatic heterocycles. The smallest absolute Gasteiger partial charge is 0.259 e. The summed E-state index contributed by atoms with van der Waals surface area (Å²) in [7, 11) is 1.89. The van der Waals surface area contributed by atoms with Crippen LogP contribution in [0.4, 0.5) is 5.95 Å². The largest absolute Gasteiger partial charge is 0.341 e. The molecule has 7 heteroatoms. The molecule has 0 spiro atoms. The molecule has 0 saturated heterocycles. The van der Waals surface area contributed by atoms with E-state index in [1.807, 2.05) is 24.1 Å². The first-order chi connectivity index (χ1) is 16.1. The number of benzene rings is 1. The predicted molar refractivity (Wildman–Crippen MR) is 130 cm³/mol. The number of imidazole rings is 1. The molecule has 2 amide bonds. The first kappa shape index (κ1) is 23.0. The number of nitrogens with one attached hydrogen (secondary N) is 1. The lowest BCUT2D eigenvalue weighted by Crippen LogP contribution is -2.33. The fraction of sp³-hybridized carbons (Fsp3) is 0.462. The minimum Gasteiger partial charge on any atom is -0.341 e. The second-order valence-electron chi connectivity index (χ2n) is 8.99. The summed E-state index contributed by atoms with van der Waals surface area (Å²) in [6, 6.07) is 9.61. The van der Waals surface area contributed by atoms with Gasteiger partial charge in [-0.25, -0.2) is 4.98 Å². The monoisotopic (exact) mass is 447 g/mol. The lowest BCUT2D eigenvalue weighted by atomic mass is 9.88. The van der Waals surface area contributed by atoms with Gasteiger partial charge in [0.1, 0.15) is 0 Å². The summed E-state index contributed by atoms with van der Waals surface area (Å²) in [5, 5.41) is 2.96. The first-order valence-electron chi connectivity index (χ1n) is 12.0. The SMILES string of the molecule is CCCCn1c(NC(=O)c2cccnc2)nc2cc(CN(C)C(=O)C3CCCCC3)ccc21. The van der Waals surface area contributed by atoms with Gasteiger partial charge >= 0.3 is 0 Å². The maximum atomic E-state index is 12.9. The van der Waals surface area contributed by atoms with Crippen molar-refractivity contribution in [3.05, 3.63) is 53.9 Å². The molecule has 1 aliphatic rings. The predicted octanol–water partition coefficient (Wildman–Crippen LogP) is 5.02. The number of rotatable bonds is 8. The van der Waals surface area contributed by atoms with Gasteiger partial charge in [0.15, 0.2) is 0 Å². The summed E-state index contributed by atoms with van der Waals surface area (Å²) in [4.78, 5) is 36.2. The quantitative estimate of drug-likeness (QED) is 0.526. The van der Waals surface area contributed by atoms with Crippen LogP contribution in [-0.4, -0.2) is 38.3 Å². The Balaban J connectivity index is 1.55. The molecule has 1 aromatic carbocycles. The van der Waals surface area contributed by atoms with E-state index in [1.54, 1.807) is 24.5 Å². The summed E-state index contributed by atoms with van der Waals surface area (Å²) in [5.74, 6) is 0.716. The van der Waals surface area contributed by atoms with E-state index >= 15 is 0 Å². The van der Waals surface area contributed by atoms with Crippen LogP contribution in [-0.2, 0) is 17.9 Å². The van der Waals surface area contributed by atoms with Crippen LogP contribution in [0.25, 0.3) is 11.0 Å². The summed E-state index contributed by atoms with van der Waals surface area (Å²) in [5.41, 5.74) is 3.34. The number of hydrogen-bond donors (Lipinski definition) is 1. The van der Waals surface area contributed by atoms with Crippen LogP contribution < -0.4 is 5.32 Å². The van der Waals surface area contributed by atoms with Crippen molar-refractivity contribution in [1.29, 1.82) is 0 Å². The Morgan fingerprint density at radius 2 is 2.00 bits per heavy atom. The zero-order chi connectivity index (χ0) is 23.2. The maximum Gasteiger partial charge on any atom is 0.259 e. The molecule has 3 aromatic rings. The second-order valence-corrected chi connectivity index (χ2v) is 8.99. The van der Waals surface area contributed by atoms with E-state index in [9.17, 15) is 9.59 Å². The highest BCUT2D eigenvalue weighted by Crippen LogP contribution is 2.27. The summed E-state index contributed by atoms with van der Waals surface area (Å²) in [6.07, 6.45) is 10.8. The number of fused-ring (bicyclic) bond motifs is 1. The highest BCUT2D eigenvalue weighted by atomic mass is 16.2. The third kappa shape index (κ3) is 5.41. The van der Waals surface area contributed by atoms with Crippen molar-refractivity contribution >= 4 is 28.8 Å². The molecule has 0 bridgehead atoms. The lowest BCUT2D eigenvalue weighted by Gasteiger charge is -2.26. The molecular weight excluding hydrogens is 414 g/mol. The fourth-order valence-corrected chi connectivity index (χ4v) is 4.60. The van der Waals surface area contributed by atoms with Crippen LogP contribution in [0.1, 0.15) is 67.8 Å². The lowest BCUT2D eigenvalue weighted by molar-refractivity contribution is -0.135. The van der Waals surface area contributed by atoms with E-state index in [0.29, 0.717) is 18.1 Å². The normalized spacial score (nSPS) is 14.4. The van der Waals surface area contributed by atoms with Gasteiger partial charge in [-0.15, -0.1) is 0 Å². The molecule has 1 N–H and O–H groups in total. The number of nitrogens with zero attached hydrogens (tertiary/aromatic N) is 4. The Kier molecular flexibility index (Phi) is 7.37. The number of carbonyl (C=O) groups excluding carboxylic acids is 2. The Bertz CT molecular complexity index is 1100. The van der Waals surface area contributed by atoms with Crippen LogP contribution in [0.15, 0.2) is 42.7 Å². The molecule has 174 valence electrons. The van der Waals surface area contributed by atoms with Crippen LogP contribution in [0, 0.1) is 5.92 Å². The molecule has 7 nitrogen and oxygen atoms in total. The number of unbranched alkanes of at least 4 members (excludes halogenated alkanes) is 1.